The molecule has 2 aromatic heterocycles. The summed E-state index contributed by atoms with van der Waals surface area (Å²) in [4.78, 5) is 13.9. The summed E-state index contributed by atoms with van der Waals surface area (Å²) in [6.45, 7) is 1.93. The molecule has 28 heavy (non-hydrogen) atoms. The molecule has 0 saturated carbocycles. The molecule has 2 aromatic carbocycles. The molecule has 0 fully saturated rings. The maximum absolute atomic E-state index is 12.3. The summed E-state index contributed by atoms with van der Waals surface area (Å²) in [7, 11) is -0.521. The van der Waals surface area contributed by atoms with Crippen molar-refractivity contribution < 1.29 is 12.8 Å². The van der Waals surface area contributed by atoms with Crippen molar-refractivity contribution >= 4 is 43.9 Å². The highest BCUT2D eigenvalue weighted by Gasteiger charge is 2.19. The zero-order chi connectivity index (χ0) is 19.9. The normalized spacial score (nSPS) is 12.3. The lowest BCUT2D eigenvalue weighted by Crippen LogP contribution is -2.22. The van der Waals surface area contributed by atoms with Crippen molar-refractivity contribution in [2.75, 3.05) is 14.1 Å². The molecule has 0 radical (unpaired) electrons. The molecule has 4 rings (SSSR count). The third kappa shape index (κ3) is 3.48. The van der Waals surface area contributed by atoms with Gasteiger partial charge in [-0.15, -0.1) is 0 Å². The number of para-hydroxylation sites is 2. The first kappa shape index (κ1) is 18.9. The minimum atomic E-state index is -3.51. The molecule has 0 spiro atoms. The largest absolute Gasteiger partial charge is 0.431 e. The maximum atomic E-state index is 12.3. The van der Waals surface area contributed by atoms with Gasteiger partial charge in [-0.2, -0.15) is 0 Å². The van der Waals surface area contributed by atoms with Crippen molar-refractivity contribution in [3.05, 3.63) is 53.9 Å². The maximum Gasteiger partial charge on any atom is 0.257 e. The predicted molar refractivity (Wildman–Crippen MR) is 109 cm³/mol. The number of fused-ring (bicyclic) bond motifs is 2. The van der Waals surface area contributed by atoms with E-state index in [1.165, 1.54) is 42.3 Å². The molecule has 0 amide bonds. The van der Waals surface area contributed by atoms with Gasteiger partial charge in [0.25, 0.3) is 5.22 Å². The third-order valence-corrected chi connectivity index (χ3v) is 6.94. The van der Waals surface area contributed by atoms with Crippen LogP contribution in [0.3, 0.4) is 0 Å². The smallest absolute Gasteiger partial charge is 0.257 e. The van der Waals surface area contributed by atoms with Crippen LogP contribution in [0.15, 0.2) is 57.0 Å². The Hall–Kier alpha value is -2.49. The Morgan fingerprint density at radius 1 is 1.00 bits per heavy atom. The lowest BCUT2D eigenvalue weighted by atomic mass is 10.2. The van der Waals surface area contributed by atoms with Crippen LogP contribution in [0.1, 0.15) is 11.4 Å². The average molecular weight is 415 g/mol. The first-order chi connectivity index (χ1) is 13.3. The fourth-order valence-corrected chi connectivity index (χ4v) is 4.48. The fourth-order valence-electron chi connectivity index (χ4n) is 2.71. The minimum absolute atomic E-state index is 0.186. The Labute approximate surface area is 166 Å². The first-order valence-corrected chi connectivity index (χ1v) is 11.0. The van der Waals surface area contributed by atoms with Crippen LogP contribution in [-0.2, 0) is 15.8 Å². The lowest BCUT2D eigenvalue weighted by Gasteiger charge is -2.10. The number of oxazole rings is 1. The highest BCUT2D eigenvalue weighted by molar-refractivity contribution is 7.98. The number of benzene rings is 2. The molecular weight excluding hydrogens is 396 g/mol. The van der Waals surface area contributed by atoms with Crippen molar-refractivity contribution in [1.82, 2.24) is 19.3 Å². The zero-order valence-electron chi connectivity index (χ0n) is 15.6. The molecule has 7 nitrogen and oxygen atoms in total. The van der Waals surface area contributed by atoms with Gasteiger partial charge in [0.1, 0.15) is 5.52 Å². The summed E-state index contributed by atoms with van der Waals surface area (Å²) in [5.41, 5.74) is 4.49. The van der Waals surface area contributed by atoms with Crippen LogP contribution in [0.25, 0.3) is 22.1 Å². The van der Waals surface area contributed by atoms with Crippen LogP contribution in [0.2, 0.25) is 0 Å². The molecule has 0 N–H and O–H groups in total. The number of thioether (sulfide) groups is 1. The second-order valence-electron chi connectivity index (χ2n) is 6.43. The highest BCUT2D eigenvalue weighted by atomic mass is 32.2. The van der Waals surface area contributed by atoms with E-state index in [1.54, 1.807) is 6.07 Å². The van der Waals surface area contributed by atoms with E-state index in [-0.39, 0.29) is 4.90 Å². The van der Waals surface area contributed by atoms with Gasteiger partial charge in [-0.1, -0.05) is 23.9 Å². The van der Waals surface area contributed by atoms with Gasteiger partial charge in [-0.3, -0.25) is 0 Å². The molecule has 9 heteroatoms. The molecule has 144 valence electrons. The number of hydrogen-bond acceptors (Lipinski definition) is 7. The molecule has 0 aliphatic carbocycles. The Kier molecular flexibility index (Phi) is 4.82. The molecule has 0 saturated heterocycles. The summed E-state index contributed by atoms with van der Waals surface area (Å²) in [6, 6.07) is 12.4. The van der Waals surface area contributed by atoms with E-state index in [1.807, 2.05) is 31.2 Å². The van der Waals surface area contributed by atoms with E-state index in [9.17, 15) is 8.42 Å². The molecule has 0 unspecified atom stereocenters. The van der Waals surface area contributed by atoms with Crippen LogP contribution in [0, 0.1) is 6.92 Å². The van der Waals surface area contributed by atoms with Crippen molar-refractivity contribution in [2.45, 2.75) is 22.8 Å². The minimum Gasteiger partial charge on any atom is -0.431 e. The van der Waals surface area contributed by atoms with Crippen LogP contribution in [0.5, 0.6) is 0 Å². The van der Waals surface area contributed by atoms with Gasteiger partial charge in [0.15, 0.2) is 5.58 Å². The average Bonchev–Trinajstić information content (AvgIpc) is 3.08. The van der Waals surface area contributed by atoms with Crippen LogP contribution >= 0.6 is 11.8 Å². The van der Waals surface area contributed by atoms with Gasteiger partial charge >= 0.3 is 0 Å². The Balaban J connectivity index is 1.60. The number of sulfonamides is 1. The fraction of sp³-hybridized carbons (Fsp3) is 0.211. The Morgan fingerprint density at radius 2 is 1.71 bits per heavy atom. The standard InChI is InChI=1S/C19H18N4O3S2/c1-12-17(21-15-7-5-4-6-14(15)20-12)11-27-19-22-16-10-13(8-9-18(16)26-19)28(24,25)23(2)3/h4-10H,11H2,1-3H3. The summed E-state index contributed by atoms with van der Waals surface area (Å²) in [5, 5.41) is 0.462. The second kappa shape index (κ2) is 7.16. The predicted octanol–water partition coefficient (Wildman–Crippen LogP) is 3.62. The number of rotatable bonds is 5. The first-order valence-electron chi connectivity index (χ1n) is 8.53. The molecule has 0 bridgehead atoms. The van der Waals surface area contributed by atoms with E-state index in [4.69, 9.17) is 4.42 Å². The van der Waals surface area contributed by atoms with Gasteiger partial charge < -0.3 is 4.42 Å². The van der Waals surface area contributed by atoms with Gasteiger partial charge in [-0.25, -0.2) is 27.7 Å². The molecule has 4 aromatic rings. The van der Waals surface area contributed by atoms with Gasteiger partial charge in [-0.05, 0) is 37.3 Å². The SMILES string of the molecule is Cc1nc2ccccc2nc1CSc1nc2cc(S(=O)(=O)N(C)C)ccc2o1. The van der Waals surface area contributed by atoms with Crippen molar-refractivity contribution in [2.24, 2.45) is 0 Å². The number of aryl methyl sites for hydroxylation is 1. The molecule has 2 heterocycles. The number of aromatic nitrogens is 3. The van der Waals surface area contributed by atoms with Crippen molar-refractivity contribution in [3.63, 3.8) is 0 Å². The van der Waals surface area contributed by atoms with E-state index >= 15 is 0 Å². The summed E-state index contributed by atoms with van der Waals surface area (Å²) < 4.78 is 31.5. The van der Waals surface area contributed by atoms with E-state index in [0.717, 1.165) is 22.4 Å². The summed E-state index contributed by atoms with van der Waals surface area (Å²) in [6.07, 6.45) is 0. The quantitative estimate of drug-likeness (QED) is 0.461. The van der Waals surface area contributed by atoms with Gasteiger partial charge in [0.2, 0.25) is 10.0 Å². The molecular formula is C19H18N4O3S2. The summed E-state index contributed by atoms with van der Waals surface area (Å²) in [5.74, 6) is 0.555. The lowest BCUT2D eigenvalue weighted by molar-refractivity contribution is 0.489. The van der Waals surface area contributed by atoms with Crippen LogP contribution < -0.4 is 0 Å². The Morgan fingerprint density at radius 3 is 2.43 bits per heavy atom. The zero-order valence-corrected chi connectivity index (χ0v) is 17.2. The molecule has 0 atom stereocenters. The topological polar surface area (TPSA) is 89.2 Å². The van der Waals surface area contributed by atoms with Crippen LogP contribution in [0.4, 0.5) is 0 Å². The molecule has 0 aliphatic heterocycles. The number of hydrogen-bond donors (Lipinski definition) is 0. The van der Waals surface area contributed by atoms with E-state index in [0.29, 0.717) is 22.1 Å². The monoisotopic (exact) mass is 414 g/mol. The van der Waals surface area contributed by atoms with Crippen molar-refractivity contribution in [1.29, 1.82) is 0 Å². The van der Waals surface area contributed by atoms with Gasteiger partial charge in [0.05, 0.1) is 27.3 Å². The number of nitrogens with zero attached hydrogens (tertiary/aromatic N) is 4. The van der Waals surface area contributed by atoms with E-state index in [2.05, 4.69) is 15.0 Å². The summed E-state index contributed by atoms with van der Waals surface area (Å²) >= 11 is 1.40. The molecule has 0 aliphatic rings. The second-order valence-corrected chi connectivity index (χ2v) is 9.51. The Bertz CT molecular complexity index is 1280. The van der Waals surface area contributed by atoms with Gasteiger partial charge in [0, 0.05) is 19.8 Å². The van der Waals surface area contributed by atoms with Crippen molar-refractivity contribution in [3.8, 4) is 0 Å². The highest BCUT2D eigenvalue weighted by Crippen LogP contribution is 2.28. The van der Waals surface area contributed by atoms with Crippen LogP contribution in [-0.4, -0.2) is 41.8 Å². The third-order valence-electron chi connectivity index (χ3n) is 4.29. The van der Waals surface area contributed by atoms with E-state index < -0.39 is 10.0 Å².